The number of rotatable bonds is 3. The molecule has 0 amide bonds. The summed E-state index contributed by atoms with van der Waals surface area (Å²) in [5, 5.41) is 0.539. The van der Waals surface area contributed by atoms with E-state index in [1.165, 1.54) is 10.5 Å². The molecule has 0 aliphatic carbocycles. The van der Waals surface area contributed by atoms with Crippen molar-refractivity contribution in [3.05, 3.63) is 53.3 Å². The maximum atomic E-state index is 5.89. The third-order valence-corrected chi connectivity index (χ3v) is 3.75. The smallest absolute Gasteiger partial charge is 0.130 e. The zero-order valence-corrected chi connectivity index (χ0v) is 11.4. The van der Waals surface area contributed by atoms with Gasteiger partial charge in [-0.1, -0.05) is 55.4 Å². The van der Waals surface area contributed by atoms with Crippen molar-refractivity contribution in [1.82, 2.24) is 4.98 Å². The van der Waals surface area contributed by atoms with E-state index in [0.717, 1.165) is 4.90 Å². The largest absolute Gasteiger partial charge is 0.244 e. The van der Waals surface area contributed by atoms with Crippen molar-refractivity contribution in [3.63, 3.8) is 0 Å². The number of nitrogens with zero attached hydrogens (tertiary/aromatic N) is 1. The van der Waals surface area contributed by atoms with Gasteiger partial charge in [0.15, 0.2) is 0 Å². The van der Waals surface area contributed by atoms with E-state index in [-0.39, 0.29) is 0 Å². The van der Waals surface area contributed by atoms with Crippen LogP contribution in [-0.2, 0) is 0 Å². The van der Waals surface area contributed by atoms with Crippen LogP contribution in [0.15, 0.2) is 52.4 Å². The number of aromatic nitrogens is 1. The van der Waals surface area contributed by atoms with Gasteiger partial charge in [0.2, 0.25) is 0 Å². The first kappa shape index (κ1) is 12.5. The van der Waals surface area contributed by atoms with Crippen molar-refractivity contribution in [2.75, 3.05) is 0 Å². The summed E-state index contributed by atoms with van der Waals surface area (Å²) >= 11 is 7.62. The number of halogens is 1. The quantitative estimate of drug-likeness (QED) is 0.722. The van der Waals surface area contributed by atoms with E-state index in [0.29, 0.717) is 11.1 Å². The molecule has 0 atom stereocenters. The Morgan fingerprint density at radius 3 is 2.65 bits per heavy atom. The van der Waals surface area contributed by atoms with Gasteiger partial charge in [-0.2, -0.15) is 0 Å². The summed E-state index contributed by atoms with van der Waals surface area (Å²) in [5.41, 5.74) is 1.37. The van der Waals surface area contributed by atoms with Crippen LogP contribution in [0, 0.1) is 0 Å². The molecule has 0 unspecified atom stereocenters. The molecule has 1 aromatic heterocycles. The Kier molecular flexibility index (Phi) is 4.08. The van der Waals surface area contributed by atoms with E-state index in [1.54, 1.807) is 18.0 Å². The van der Waals surface area contributed by atoms with Crippen molar-refractivity contribution in [2.24, 2.45) is 0 Å². The Morgan fingerprint density at radius 1 is 1.18 bits per heavy atom. The van der Waals surface area contributed by atoms with Gasteiger partial charge in [0.05, 0.1) is 0 Å². The molecule has 0 aliphatic rings. The molecule has 0 spiro atoms. The number of pyridine rings is 1. The molecular formula is C14H14ClNS. The molecule has 0 saturated heterocycles. The van der Waals surface area contributed by atoms with Gasteiger partial charge in [-0.3, -0.25) is 0 Å². The van der Waals surface area contributed by atoms with E-state index >= 15 is 0 Å². The average Bonchev–Trinajstić information content (AvgIpc) is 2.29. The molecule has 88 valence electrons. The lowest BCUT2D eigenvalue weighted by atomic mass is 10.0. The van der Waals surface area contributed by atoms with Crippen molar-refractivity contribution >= 4 is 23.4 Å². The van der Waals surface area contributed by atoms with Crippen molar-refractivity contribution in [1.29, 1.82) is 0 Å². The van der Waals surface area contributed by atoms with E-state index in [4.69, 9.17) is 11.6 Å². The van der Waals surface area contributed by atoms with Gasteiger partial charge in [0, 0.05) is 16.0 Å². The summed E-state index contributed by atoms with van der Waals surface area (Å²) in [6.07, 6.45) is 1.74. The van der Waals surface area contributed by atoms with Crippen LogP contribution in [0.2, 0.25) is 5.15 Å². The van der Waals surface area contributed by atoms with Crippen LogP contribution in [0.1, 0.15) is 25.3 Å². The Balaban J connectivity index is 2.30. The minimum absolute atomic E-state index is 0.524. The first-order valence-corrected chi connectivity index (χ1v) is 6.74. The molecule has 0 fully saturated rings. The highest BCUT2D eigenvalue weighted by molar-refractivity contribution is 7.99. The van der Waals surface area contributed by atoms with Crippen molar-refractivity contribution < 1.29 is 0 Å². The number of hydrogen-bond donors (Lipinski definition) is 0. The molecule has 0 saturated carbocycles. The maximum Gasteiger partial charge on any atom is 0.130 e. The topological polar surface area (TPSA) is 12.9 Å². The Morgan fingerprint density at radius 2 is 1.94 bits per heavy atom. The normalized spacial score (nSPS) is 10.8. The lowest BCUT2D eigenvalue weighted by molar-refractivity contribution is 0.842. The standard InChI is InChI=1S/C14H14ClNS/c1-10(2)12-5-3-4-6-13(12)17-11-7-8-16-14(15)9-11/h3-10H,1-2H3. The molecule has 1 heterocycles. The van der Waals surface area contributed by atoms with E-state index in [1.807, 2.05) is 12.1 Å². The predicted octanol–water partition coefficient (Wildman–Crippen LogP) is 5.01. The van der Waals surface area contributed by atoms with Gasteiger partial charge in [-0.15, -0.1) is 0 Å². The Bertz CT molecular complexity index is 511. The fourth-order valence-electron chi connectivity index (χ4n) is 1.63. The van der Waals surface area contributed by atoms with Gasteiger partial charge in [-0.25, -0.2) is 4.98 Å². The second-order valence-corrected chi connectivity index (χ2v) is 5.61. The fourth-order valence-corrected chi connectivity index (χ4v) is 2.99. The minimum Gasteiger partial charge on any atom is -0.244 e. The molecule has 0 bridgehead atoms. The highest BCUT2D eigenvalue weighted by Gasteiger charge is 2.07. The van der Waals surface area contributed by atoms with Crippen LogP contribution < -0.4 is 0 Å². The van der Waals surface area contributed by atoms with E-state index < -0.39 is 0 Å². The number of benzene rings is 1. The monoisotopic (exact) mass is 263 g/mol. The van der Waals surface area contributed by atoms with Gasteiger partial charge in [0.1, 0.15) is 5.15 Å². The highest BCUT2D eigenvalue weighted by atomic mass is 35.5. The number of hydrogen-bond acceptors (Lipinski definition) is 2. The van der Waals surface area contributed by atoms with Crippen LogP contribution in [0.3, 0.4) is 0 Å². The lowest BCUT2D eigenvalue weighted by Gasteiger charge is -2.11. The molecule has 2 rings (SSSR count). The summed E-state index contributed by atoms with van der Waals surface area (Å²) in [6, 6.07) is 12.3. The Hall–Kier alpha value is -0.990. The van der Waals surface area contributed by atoms with Crippen LogP contribution in [0.5, 0.6) is 0 Å². The molecule has 2 aromatic rings. The molecule has 0 radical (unpaired) electrons. The highest BCUT2D eigenvalue weighted by Crippen LogP contribution is 2.34. The Labute approximate surface area is 111 Å². The molecule has 17 heavy (non-hydrogen) atoms. The summed E-state index contributed by atoms with van der Waals surface area (Å²) in [4.78, 5) is 6.40. The van der Waals surface area contributed by atoms with E-state index in [2.05, 4.69) is 43.1 Å². The zero-order chi connectivity index (χ0) is 12.3. The van der Waals surface area contributed by atoms with Gasteiger partial charge >= 0.3 is 0 Å². The first-order valence-electron chi connectivity index (χ1n) is 5.55. The molecule has 0 aliphatic heterocycles. The second-order valence-electron chi connectivity index (χ2n) is 4.11. The summed E-state index contributed by atoms with van der Waals surface area (Å²) in [6.45, 7) is 4.41. The van der Waals surface area contributed by atoms with Gasteiger partial charge in [0.25, 0.3) is 0 Å². The van der Waals surface area contributed by atoms with Gasteiger partial charge < -0.3 is 0 Å². The van der Waals surface area contributed by atoms with Gasteiger partial charge in [-0.05, 0) is 29.7 Å². The third-order valence-electron chi connectivity index (χ3n) is 2.47. The lowest BCUT2D eigenvalue weighted by Crippen LogP contribution is -1.90. The average molecular weight is 264 g/mol. The molecule has 1 nitrogen and oxygen atoms in total. The summed E-state index contributed by atoms with van der Waals surface area (Å²) in [7, 11) is 0. The first-order chi connectivity index (χ1) is 8.16. The maximum absolute atomic E-state index is 5.89. The van der Waals surface area contributed by atoms with Crippen LogP contribution in [0.25, 0.3) is 0 Å². The fraction of sp³-hybridized carbons (Fsp3) is 0.214. The van der Waals surface area contributed by atoms with E-state index in [9.17, 15) is 0 Å². The summed E-state index contributed by atoms with van der Waals surface area (Å²) < 4.78 is 0. The second kappa shape index (κ2) is 5.56. The van der Waals surface area contributed by atoms with Crippen LogP contribution in [0.4, 0.5) is 0 Å². The minimum atomic E-state index is 0.524. The molecule has 0 N–H and O–H groups in total. The van der Waals surface area contributed by atoms with Crippen LogP contribution >= 0.6 is 23.4 Å². The molecular weight excluding hydrogens is 250 g/mol. The van der Waals surface area contributed by atoms with Crippen molar-refractivity contribution in [3.8, 4) is 0 Å². The molecule has 3 heteroatoms. The predicted molar refractivity (Wildman–Crippen MR) is 73.9 cm³/mol. The summed E-state index contributed by atoms with van der Waals surface area (Å²) in [5.74, 6) is 0.524. The van der Waals surface area contributed by atoms with Crippen molar-refractivity contribution in [2.45, 2.75) is 29.6 Å². The third kappa shape index (κ3) is 3.24. The molecule has 1 aromatic carbocycles. The van der Waals surface area contributed by atoms with Crippen LogP contribution in [-0.4, -0.2) is 4.98 Å². The zero-order valence-electron chi connectivity index (χ0n) is 9.85. The SMILES string of the molecule is CC(C)c1ccccc1Sc1ccnc(Cl)c1.